The molecule has 4 nitrogen and oxygen atoms in total. The molecule has 1 heterocycles. The van der Waals surface area contributed by atoms with Gasteiger partial charge in [-0.15, -0.1) is 0 Å². The first kappa shape index (κ1) is 10.9. The molecular formula is C11H19NO3. The fourth-order valence-corrected chi connectivity index (χ4v) is 2.12. The maximum atomic E-state index is 11.9. The van der Waals surface area contributed by atoms with Gasteiger partial charge in [-0.1, -0.05) is 0 Å². The van der Waals surface area contributed by atoms with Crippen LogP contribution in [0, 0.1) is 0 Å². The number of aliphatic hydroxyl groups excluding tert-OH is 1. The molecule has 1 amide bonds. The lowest BCUT2D eigenvalue weighted by atomic mass is 10.1. The Morgan fingerprint density at radius 3 is 2.73 bits per heavy atom. The third-order valence-electron chi connectivity index (χ3n) is 3.08. The van der Waals surface area contributed by atoms with Gasteiger partial charge in [-0.3, -0.25) is 4.79 Å². The first-order valence-electron chi connectivity index (χ1n) is 5.83. The highest BCUT2D eigenvalue weighted by Crippen LogP contribution is 2.28. The van der Waals surface area contributed by atoms with E-state index in [1.807, 2.05) is 4.90 Å². The van der Waals surface area contributed by atoms with E-state index in [1.54, 1.807) is 0 Å². The molecular weight excluding hydrogens is 194 g/mol. The molecule has 0 spiro atoms. The topological polar surface area (TPSA) is 49.8 Å². The van der Waals surface area contributed by atoms with E-state index in [1.165, 1.54) is 0 Å². The summed E-state index contributed by atoms with van der Waals surface area (Å²) < 4.78 is 5.44. The van der Waals surface area contributed by atoms with Crippen LogP contribution in [0.1, 0.15) is 32.1 Å². The molecule has 0 aromatic carbocycles. The number of carbonyl (C=O) groups is 1. The largest absolute Gasteiger partial charge is 0.395 e. The fraction of sp³-hybridized carbons (Fsp3) is 0.909. The minimum absolute atomic E-state index is 0.0633. The second-order valence-electron chi connectivity index (χ2n) is 4.38. The van der Waals surface area contributed by atoms with Crippen LogP contribution in [0.2, 0.25) is 0 Å². The van der Waals surface area contributed by atoms with Crippen molar-refractivity contribution in [2.24, 2.45) is 0 Å². The van der Waals surface area contributed by atoms with Crippen LogP contribution in [0.4, 0.5) is 0 Å². The predicted octanol–water partition coefficient (Wildman–Crippen LogP) is 0.539. The molecule has 2 aliphatic rings. The van der Waals surface area contributed by atoms with Gasteiger partial charge in [-0.25, -0.2) is 0 Å². The van der Waals surface area contributed by atoms with Crippen molar-refractivity contribution >= 4 is 5.91 Å². The molecule has 1 atom stereocenters. The van der Waals surface area contributed by atoms with Crippen molar-refractivity contribution in [2.75, 3.05) is 19.8 Å². The van der Waals surface area contributed by atoms with Crippen molar-refractivity contribution in [1.29, 1.82) is 0 Å². The van der Waals surface area contributed by atoms with E-state index >= 15 is 0 Å². The molecule has 0 radical (unpaired) electrons. The van der Waals surface area contributed by atoms with Crippen molar-refractivity contribution in [2.45, 2.75) is 44.2 Å². The third-order valence-corrected chi connectivity index (χ3v) is 3.08. The summed E-state index contributed by atoms with van der Waals surface area (Å²) in [5.41, 5.74) is 0. The normalized spacial score (nSPS) is 25.5. The second-order valence-corrected chi connectivity index (χ2v) is 4.38. The Morgan fingerprint density at radius 1 is 1.40 bits per heavy atom. The van der Waals surface area contributed by atoms with E-state index < -0.39 is 0 Å². The molecule has 4 heteroatoms. The summed E-state index contributed by atoms with van der Waals surface area (Å²) in [6, 6.07) is 0.394. The summed E-state index contributed by atoms with van der Waals surface area (Å²) in [5.74, 6) is 0.151. The Kier molecular flexibility index (Phi) is 3.59. The molecule has 1 N–H and O–H groups in total. The zero-order valence-corrected chi connectivity index (χ0v) is 9.02. The first-order chi connectivity index (χ1) is 7.31. The van der Waals surface area contributed by atoms with Crippen LogP contribution in [0.3, 0.4) is 0 Å². The molecule has 1 aliphatic carbocycles. The van der Waals surface area contributed by atoms with E-state index in [9.17, 15) is 4.79 Å². The number of carbonyl (C=O) groups excluding carboxylic acids is 1. The molecule has 2 rings (SSSR count). The van der Waals surface area contributed by atoms with Gasteiger partial charge in [-0.2, -0.15) is 0 Å². The first-order valence-corrected chi connectivity index (χ1v) is 5.83. The average molecular weight is 213 g/mol. The summed E-state index contributed by atoms with van der Waals surface area (Å²) in [6.07, 6.45) is 4.88. The molecule has 86 valence electrons. The van der Waals surface area contributed by atoms with E-state index in [2.05, 4.69) is 0 Å². The van der Waals surface area contributed by atoms with E-state index in [-0.39, 0.29) is 18.6 Å². The Bertz CT molecular complexity index is 222. The number of ether oxygens (including phenoxy) is 1. The highest BCUT2D eigenvalue weighted by atomic mass is 16.5. The van der Waals surface area contributed by atoms with Gasteiger partial charge in [0.25, 0.3) is 0 Å². The Balaban J connectivity index is 1.80. The Labute approximate surface area is 90.2 Å². The summed E-state index contributed by atoms with van der Waals surface area (Å²) in [7, 11) is 0. The van der Waals surface area contributed by atoms with Crippen molar-refractivity contribution in [3.8, 4) is 0 Å². The molecule has 0 aromatic rings. The van der Waals surface area contributed by atoms with Gasteiger partial charge in [0, 0.05) is 19.2 Å². The Hall–Kier alpha value is -0.610. The van der Waals surface area contributed by atoms with Crippen LogP contribution < -0.4 is 0 Å². The SMILES string of the molecule is O=C(CC1CCCO1)N(CCO)C1CC1. The lowest BCUT2D eigenvalue weighted by Gasteiger charge is -2.22. The Morgan fingerprint density at radius 2 is 2.20 bits per heavy atom. The number of hydrogen-bond acceptors (Lipinski definition) is 3. The summed E-state index contributed by atoms with van der Waals surface area (Å²) in [6.45, 7) is 1.34. The summed E-state index contributed by atoms with van der Waals surface area (Å²) in [4.78, 5) is 13.7. The number of rotatable bonds is 5. The van der Waals surface area contributed by atoms with Gasteiger partial charge in [-0.05, 0) is 25.7 Å². The highest BCUT2D eigenvalue weighted by Gasteiger charge is 2.33. The molecule has 1 saturated heterocycles. The van der Waals surface area contributed by atoms with Crippen LogP contribution in [-0.4, -0.2) is 47.8 Å². The smallest absolute Gasteiger partial charge is 0.225 e. The van der Waals surface area contributed by atoms with Crippen molar-refractivity contribution in [3.63, 3.8) is 0 Å². The lowest BCUT2D eigenvalue weighted by molar-refractivity contribution is -0.134. The number of aliphatic hydroxyl groups is 1. The molecule has 15 heavy (non-hydrogen) atoms. The quantitative estimate of drug-likeness (QED) is 0.725. The van der Waals surface area contributed by atoms with E-state index in [0.29, 0.717) is 19.0 Å². The van der Waals surface area contributed by atoms with Crippen molar-refractivity contribution in [1.82, 2.24) is 4.90 Å². The van der Waals surface area contributed by atoms with Crippen LogP contribution in [0.25, 0.3) is 0 Å². The van der Waals surface area contributed by atoms with E-state index in [0.717, 1.165) is 32.3 Å². The van der Waals surface area contributed by atoms with Crippen LogP contribution in [0.15, 0.2) is 0 Å². The van der Waals surface area contributed by atoms with Gasteiger partial charge in [0.05, 0.1) is 19.1 Å². The maximum absolute atomic E-state index is 11.9. The standard InChI is InChI=1S/C11H19NO3/c13-6-5-12(9-3-4-9)11(14)8-10-2-1-7-15-10/h9-10,13H,1-8H2. The monoisotopic (exact) mass is 213 g/mol. The zero-order chi connectivity index (χ0) is 10.7. The number of hydrogen-bond donors (Lipinski definition) is 1. The van der Waals surface area contributed by atoms with Gasteiger partial charge >= 0.3 is 0 Å². The number of amides is 1. The zero-order valence-electron chi connectivity index (χ0n) is 9.02. The predicted molar refractivity (Wildman–Crippen MR) is 55.4 cm³/mol. The third kappa shape index (κ3) is 2.92. The molecule has 2 fully saturated rings. The minimum Gasteiger partial charge on any atom is -0.395 e. The lowest BCUT2D eigenvalue weighted by Crippen LogP contribution is -2.37. The van der Waals surface area contributed by atoms with Crippen LogP contribution in [0.5, 0.6) is 0 Å². The van der Waals surface area contributed by atoms with Gasteiger partial charge in [0.15, 0.2) is 0 Å². The molecule has 1 aliphatic heterocycles. The van der Waals surface area contributed by atoms with Crippen molar-refractivity contribution < 1.29 is 14.6 Å². The fourth-order valence-electron chi connectivity index (χ4n) is 2.12. The molecule has 1 saturated carbocycles. The van der Waals surface area contributed by atoms with Crippen LogP contribution >= 0.6 is 0 Å². The maximum Gasteiger partial charge on any atom is 0.225 e. The van der Waals surface area contributed by atoms with E-state index in [4.69, 9.17) is 9.84 Å². The summed E-state index contributed by atoms with van der Waals surface area (Å²) >= 11 is 0. The molecule has 1 unspecified atom stereocenters. The number of nitrogens with zero attached hydrogens (tertiary/aromatic N) is 1. The van der Waals surface area contributed by atoms with Gasteiger partial charge in [0.2, 0.25) is 5.91 Å². The highest BCUT2D eigenvalue weighted by molar-refractivity contribution is 5.77. The second kappa shape index (κ2) is 4.94. The van der Waals surface area contributed by atoms with Crippen molar-refractivity contribution in [3.05, 3.63) is 0 Å². The molecule has 0 bridgehead atoms. The van der Waals surface area contributed by atoms with Gasteiger partial charge < -0.3 is 14.7 Å². The van der Waals surface area contributed by atoms with Gasteiger partial charge in [0.1, 0.15) is 0 Å². The van der Waals surface area contributed by atoms with Crippen LogP contribution in [-0.2, 0) is 9.53 Å². The average Bonchev–Trinajstić information content (AvgIpc) is 2.93. The minimum atomic E-state index is 0.0633. The summed E-state index contributed by atoms with van der Waals surface area (Å²) in [5, 5.41) is 8.90. The molecule has 0 aromatic heterocycles.